The van der Waals surface area contributed by atoms with E-state index in [2.05, 4.69) is 5.32 Å². The molecular weight excluding hydrogens is 327 g/mol. The topological polar surface area (TPSA) is 55.1 Å². The molecule has 2 aromatic carbocycles. The summed E-state index contributed by atoms with van der Waals surface area (Å²) in [6, 6.07) is 12.4. The molecule has 6 heteroatoms. The van der Waals surface area contributed by atoms with Crippen LogP contribution in [0.2, 0.25) is 10.0 Å². The molecule has 0 aliphatic rings. The average molecular weight is 337 g/mol. The fourth-order valence-electron chi connectivity index (χ4n) is 1.94. The lowest BCUT2D eigenvalue weighted by atomic mass is 10.2. The van der Waals surface area contributed by atoms with Crippen LogP contribution in [-0.2, 0) is 0 Å². The van der Waals surface area contributed by atoms with Crippen LogP contribution >= 0.6 is 34.5 Å². The van der Waals surface area contributed by atoms with Crippen LogP contribution < -0.4 is 11.1 Å². The van der Waals surface area contributed by atoms with Gasteiger partial charge in [0.05, 0.1) is 14.9 Å². The Kier molecular flexibility index (Phi) is 3.76. The summed E-state index contributed by atoms with van der Waals surface area (Å²) in [5.74, 6) is -0.187. The normalized spacial score (nSPS) is 10.8. The zero-order chi connectivity index (χ0) is 15.0. The van der Waals surface area contributed by atoms with E-state index < -0.39 is 0 Å². The molecule has 3 rings (SSSR count). The highest BCUT2D eigenvalue weighted by Gasteiger charge is 2.11. The summed E-state index contributed by atoms with van der Waals surface area (Å²) in [5, 5.41) is 4.61. The summed E-state index contributed by atoms with van der Waals surface area (Å²) < 4.78 is 1.02. The van der Waals surface area contributed by atoms with Crippen molar-refractivity contribution in [2.75, 3.05) is 11.1 Å². The molecule has 0 saturated carbocycles. The Bertz CT molecular complexity index is 845. The van der Waals surface area contributed by atoms with Crippen LogP contribution in [0.4, 0.5) is 11.4 Å². The number of amides is 1. The number of carbonyl (C=O) groups excluding carboxylic acids is 1. The fraction of sp³-hybridized carbons (Fsp3) is 0. The SMILES string of the molecule is Nc1ccc2sc(C(=O)Nc3ccc(Cl)c(Cl)c3)cc2c1. The number of nitrogens with one attached hydrogen (secondary N) is 1. The van der Waals surface area contributed by atoms with E-state index in [1.54, 1.807) is 18.2 Å². The molecule has 0 spiro atoms. The van der Waals surface area contributed by atoms with Crippen molar-refractivity contribution in [3.8, 4) is 0 Å². The average Bonchev–Trinajstić information content (AvgIpc) is 2.86. The number of rotatable bonds is 2. The Morgan fingerprint density at radius 3 is 2.62 bits per heavy atom. The molecule has 3 nitrogen and oxygen atoms in total. The highest BCUT2D eigenvalue weighted by molar-refractivity contribution is 7.20. The Morgan fingerprint density at radius 1 is 1.05 bits per heavy atom. The molecule has 1 heterocycles. The predicted molar refractivity (Wildman–Crippen MR) is 90.7 cm³/mol. The van der Waals surface area contributed by atoms with Crippen LogP contribution in [0.1, 0.15) is 9.67 Å². The number of nitrogen functional groups attached to an aromatic ring is 1. The number of halogens is 2. The molecule has 0 fully saturated rings. The smallest absolute Gasteiger partial charge is 0.265 e. The highest BCUT2D eigenvalue weighted by atomic mass is 35.5. The second-order valence-electron chi connectivity index (χ2n) is 4.49. The van der Waals surface area contributed by atoms with E-state index >= 15 is 0 Å². The molecule has 1 aromatic heterocycles. The summed E-state index contributed by atoms with van der Waals surface area (Å²) in [6.07, 6.45) is 0. The Morgan fingerprint density at radius 2 is 1.86 bits per heavy atom. The Balaban J connectivity index is 1.87. The molecule has 0 unspecified atom stereocenters. The zero-order valence-corrected chi connectivity index (χ0v) is 13.0. The van der Waals surface area contributed by atoms with Crippen molar-refractivity contribution in [3.05, 3.63) is 57.4 Å². The largest absolute Gasteiger partial charge is 0.399 e. The summed E-state index contributed by atoms with van der Waals surface area (Å²) in [5.41, 5.74) is 7.02. The summed E-state index contributed by atoms with van der Waals surface area (Å²) in [4.78, 5) is 12.9. The lowest BCUT2D eigenvalue weighted by Crippen LogP contribution is -2.09. The monoisotopic (exact) mass is 336 g/mol. The van der Waals surface area contributed by atoms with Gasteiger partial charge in [0.2, 0.25) is 0 Å². The number of hydrogen-bond acceptors (Lipinski definition) is 3. The minimum atomic E-state index is -0.187. The van der Waals surface area contributed by atoms with Crippen molar-refractivity contribution in [1.82, 2.24) is 0 Å². The minimum absolute atomic E-state index is 0.187. The molecule has 0 aliphatic heterocycles. The Labute approximate surface area is 135 Å². The number of fused-ring (bicyclic) bond motifs is 1. The maximum absolute atomic E-state index is 12.3. The summed E-state index contributed by atoms with van der Waals surface area (Å²) in [7, 11) is 0. The van der Waals surface area contributed by atoms with E-state index in [0.29, 0.717) is 26.3 Å². The van der Waals surface area contributed by atoms with Crippen molar-refractivity contribution in [3.63, 3.8) is 0 Å². The van der Waals surface area contributed by atoms with Gasteiger partial charge >= 0.3 is 0 Å². The van der Waals surface area contributed by atoms with Gasteiger partial charge in [-0.15, -0.1) is 11.3 Å². The van der Waals surface area contributed by atoms with Gasteiger partial charge < -0.3 is 11.1 Å². The van der Waals surface area contributed by atoms with Gasteiger partial charge in [-0.1, -0.05) is 23.2 Å². The highest BCUT2D eigenvalue weighted by Crippen LogP contribution is 2.29. The second-order valence-corrected chi connectivity index (χ2v) is 6.39. The predicted octanol–water partition coefficient (Wildman–Crippen LogP) is 5.04. The number of anilines is 2. The van der Waals surface area contributed by atoms with Gasteiger partial charge in [0.15, 0.2) is 0 Å². The number of hydrogen-bond donors (Lipinski definition) is 2. The summed E-state index contributed by atoms with van der Waals surface area (Å²) >= 11 is 13.2. The van der Waals surface area contributed by atoms with E-state index in [0.717, 1.165) is 10.1 Å². The summed E-state index contributed by atoms with van der Waals surface area (Å²) in [6.45, 7) is 0. The minimum Gasteiger partial charge on any atom is -0.399 e. The first-order valence-corrected chi connectivity index (χ1v) is 7.65. The van der Waals surface area contributed by atoms with Crippen LogP contribution in [0, 0.1) is 0 Å². The molecule has 21 heavy (non-hydrogen) atoms. The molecule has 106 valence electrons. The van der Waals surface area contributed by atoms with Crippen molar-refractivity contribution in [2.45, 2.75) is 0 Å². The van der Waals surface area contributed by atoms with Gasteiger partial charge in [-0.05, 0) is 47.9 Å². The molecule has 0 bridgehead atoms. The van der Waals surface area contributed by atoms with E-state index in [9.17, 15) is 4.79 Å². The first-order valence-electron chi connectivity index (χ1n) is 6.08. The molecule has 1 amide bonds. The third-order valence-corrected chi connectivity index (χ3v) is 4.80. The van der Waals surface area contributed by atoms with Crippen molar-refractivity contribution in [1.29, 1.82) is 0 Å². The number of benzene rings is 2. The fourth-order valence-corrected chi connectivity index (χ4v) is 3.18. The molecule has 0 radical (unpaired) electrons. The lowest BCUT2D eigenvalue weighted by molar-refractivity contribution is 0.103. The maximum atomic E-state index is 12.3. The molecule has 0 atom stereocenters. The van der Waals surface area contributed by atoms with Crippen LogP contribution in [0.15, 0.2) is 42.5 Å². The lowest BCUT2D eigenvalue weighted by Gasteiger charge is -2.04. The van der Waals surface area contributed by atoms with E-state index in [1.165, 1.54) is 11.3 Å². The zero-order valence-electron chi connectivity index (χ0n) is 10.7. The van der Waals surface area contributed by atoms with Crippen LogP contribution in [0.3, 0.4) is 0 Å². The number of nitrogens with two attached hydrogens (primary N) is 1. The third kappa shape index (κ3) is 2.97. The standard InChI is InChI=1S/C15H10Cl2N2OS/c16-11-3-2-10(7-12(11)17)19-15(20)14-6-8-5-9(18)1-4-13(8)21-14/h1-7H,18H2,(H,19,20). The molecule has 0 aliphatic carbocycles. The first-order chi connectivity index (χ1) is 10.0. The second kappa shape index (κ2) is 5.56. The quantitative estimate of drug-likeness (QED) is 0.644. The number of carbonyl (C=O) groups is 1. The molecule has 0 saturated heterocycles. The molecular formula is C15H10Cl2N2OS. The third-order valence-electron chi connectivity index (χ3n) is 2.94. The van der Waals surface area contributed by atoms with Gasteiger partial charge in [0.25, 0.3) is 5.91 Å². The molecule has 3 aromatic rings. The van der Waals surface area contributed by atoms with E-state index in [-0.39, 0.29) is 5.91 Å². The van der Waals surface area contributed by atoms with Crippen molar-refractivity contribution < 1.29 is 4.79 Å². The van der Waals surface area contributed by atoms with Crippen LogP contribution in [0.5, 0.6) is 0 Å². The Hall–Kier alpha value is -1.75. The maximum Gasteiger partial charge on any atom is 0.265 e. The van der Waals surface area contributed by atoms with Gasteiger partial charge in [-0.25, -0.2) is 0 Å². The van der Waals surface area contributed by atoms with Gasteiger partial charge in [-0.2, -0.15) is 0 Å². The van der Waals surface area contributed by atoms with Gasteiger partial charge in [-0.3, -0.25) is 4.79 Å². The van der Waals surface area contributed by atoms with Crippen molar-refractivity contribution >= 4 is 61.9 Å². The van der Waals surface area contributed by atoms with Crippen LogP contribution in [-0.4, -0.2) is 5.91 Å². The van der Waals surface area contributed by atoms with Crippen LogP contribution in [0.25, 0.3) is 10.1 Å². The van der Waals surface area contributed by atoms with Gasteiger partial charge in [0.1, 0.15) is 0 Å². The van der Waals surface area contributed by atoms with E-state index in [1.807, 2.05) is 24.3 Å². The molecule has 3 N–H and O–H groups in total. The van der Waals surface area contributed by atoms with Crippen molar-refractivity contribution in [2.24, 2.45) is 0 Å². The van der Waals surface area contributed by atoms with Gasteiger partial charge in [0, 0.05) is 16.1 Å². The van der Waals surface area contributed by atoms with E-state index in [4.69, 9.17) is 28.9 Å². The number of thiophene rings is 1. The first kappa shape index (κ1) is 14.2.